The van der Waals surface area contributed by atoms with Gasteiger partial charge >= 0.3 is 12.4 Å². The van der Waals surface area contributed by atoms with E-state index in [9.17, 15) is 41.0 Å². The molecule has 0 spiro atoms. The van der Waals surface area contributed by atoms with Crippen LogP contribution in [0.25, 0.3) is 6.08 Å². The van der Waals surface area contributed by atoms with Crippen LogP contribution in [0.15, 0.2) is 120 Å². The summed E-state index contributed by atoms with van der Waals surface area (Å²) in [6, 6.07) is 27.5. The highest BCUT2D eigenvalue weighted by Gasteiger charge is 2.58. The monoisotopic (exact) mass is 833 g/mol. The summed E-state index contributed by atoms with van der Waals surface area (Å²) in [6.07, 6.45) is -7.74. The van der Waals surface area contributed by atoms with Crippen LogP contribution in [0, 0.1) is 17.8 Å². The van der Waals surface area contributed by atoms with Crippen LogP contribution >= 0.6 is 0 Å². The number of fused-ring (bicyclic) bond motifs is 3. The quantitative estimate of drug-likeness (QED) is 0.0746. The van der Waals surface area contributed by atoms with Crippen molar-refractivity contribution in [1.82, 2.24) is 0 Å². The second-order valence-corrected chi connectivity index (χ2v) is 21.0. The molecular formula is C46H45F6NO5Si. The third-order valence-corrected chi connectivity index (χ3v) is 16.8. The zero-order valence-corrected chi connectivity index (χ0v) is 34.0. The lowest BCUT2D eigenvalue weighted by atomic mass is 9.69. The molecule has 310 valence electrons. The van der Waals surface area contributed by atoms with Gasteiger partial charge in [0.1, 0.15) is 5.75 Å². The molecule has 2 heterocycles. The van der Waals surface area contributed by atoms with Crippen molar-refractivity contribution in [3.63, 3.8) is 0 Å². The average Bonchev–Trinajstić information content (AvgIpc) is 3.72. The summed E-state index contributed by atoms with van der Waals surface area (Å²) in [5.74, 6) is -4.34. The van der Waals surface area contributed by atoms with Gasteiger partial charge in [-0.05, 0) is 88.6 Å². The van der Waals surface area contributed by atoms with Crippen molar-refractivity contribution in [2.24, 2.45) is 17.8 Å². The van der Waals surface area contributed by atoms with E-state index in [4.69, 9.17) is 9.16 Å². The molecule has 2 fully saturated rings. The van der Waals surface area contributed by atoms with Gasteiger partial charge < -0.3 is 14.3 Å². The summed E-state index contributed by atoms with van der Waals surface area (Å²) in [7, 11) is -3.14. The van der Waals surface area contributed by atoms with Gasteiger partial charge in [-0.25, -0.2) is 4.90 Å². The number of aromatic hydroxyl groups is 1. The number of phenolic OH excluding ortho intramolecular Hbond substituents is 1. The molecule has 0 unspecified atom stereocenters. The number of benzene rings is 4. The molecule has 2 aliphatic heterocycles. The molecule has 1 N–H and O–H groups in total. The summed E-state index contributed by atoms with van der Waals surface area (Å²) >= 11 is 0. The number of alkyl halides is 6. The number of phenols is 1. The van der Waals surface area contributed by atoms with E-state index in [1.54, 1.807) is 24.3 Å². The fourth-order valence-corrected chi connectivity index (χ4v) is 13.7. The third-order valence-electron chi connectivity index (χ3n) is 11.8. The Bertz CT molecular complexity index is 2190. The predicted molar refractivity (Wildman–Crippen MR) is 215 cm³/mol. The fraction of sp³-hybridized carbons (Fsp3) is 0.348. The number of nitrogens with zero attached hydrogens (tertiary/aromatic N) is 1. The second kappa shape index (κ2) is 15.9. The number of rotatable bonds is 10. The minimum Gasteiger partial charge on any atom is -0.508 e. The van der Waals surface area contributed by atoms with E-state index < -0.39 is 78.2 Å². The van der Waals surface area contributed by atoms with Crippen LogP contribution < -0.4 is 15.3 Å². The molecule has 4 atom stereocenters. The minimum absolute atomic E-state index is 0.0169. The third kappa shape index (κ3) is 8.16. The van der Waals surface area contributed by atoms with E-state index in [0.29, 0.717) is 29.9 Å². The molecule has 7 rings (SSSR count). The summed E-state index contributed by atoms with van der Waals surface area (Å²) in [6.45, 7) is 8.45. The van der Waals surface area contributed by atoms with Crippen LogP contribution in [0.4, 0.5) is 32.0 Å². The van der Waals surface area contributed by atoms with Crippen molar-refractivity contribution in [3.8, 4) is 5.75 Å². The number of halogens is 6. The maximum absolute atomic E-state index is 14.4. The Balaban J connectivity index is 1.29. The van der Waals surface area contributed by atoms with E-state index in [0.717, 1.165) is 32.7 Å². The van der Waals surface area contributed by atoms with Crippen molar-refractivity contribution in [2.45, 2.75) is 70.5 Å². The van der Waals surface area contributed by atoms with Crippen LogP contribution in [-0.4, -0.2) is 44.6 Å². The maximum Gasteiger partial charge on any atom is 0.416 e. The number of allylic oxidation sites excluding steroid dienone is 1. The molecule has 0 radical (unpaired) electrons. The van der Waals surface area contributed by atoms with Gasteiger partial charge in [0.15, 0.2) is 0 Å². The molecule has 59 heavy (non-hydrogen) atoms. The Morgan fingerprint density at radius 2 is 1.37 bits per heavy atom. The number of hydrogen-bond donors (Lipinski definition) is 1. The minimum atomic E-state index is -5.17. The average molecular weight is 834 g/mol. The van der Waals surface area contributed by atoms with Crippen molar-refractivity contribution in [1.29, 1.82) is 0 Å². The lowest BCUT2D eigenvalue weighted by Crippen LogP contribution is -2.66. The summed E-state index contributed by atoms with van der Waals surface area (Å²) in [4.78, 5) is 29.2. The summed E-state index contributed by atoms with van der Waals surface area (Å²) < 4.78 is 97.5. The zero-order chi connectivity index (χ0) is 42.5. The molecule has 0 aromatic heterocycles. The largest absolute Gasteiger partial charge is 0.508 e. The van der Waals surface area contributed by atoms with E-state index in [1.807, 2.05) is 73.7 Å². The first-order valence-electron chi connectivity index (χ1n) is 19.5. The van der Waals surface area contributed by atoms with Gasteiger partial charge in [-0.1, -0.05) is 105 Å². The molecule has 2 saturated heterocycles. The highest BCUT2D eigenvalue weighted by atomic mass is 28.4. The number of anilines is 1. The molecule has 13 heteroatoms. The number of hydrogen-bond acceptors (Lipinski definition) is 5. The number of ether oxygens (including phenoxy) is 1. The zero-order valence-electron chi connectivity index (χ0n) is 33.0. The number of carbonyl (C=O) groups excluding carboxylic acids is 2. The molecule has 4 aromatic rings. The first-order chi connectivity index (χ1) is 27.8. The van der Waals surface area contributed by atoms with Crippen molar-refractivity contribution >= 4 is 42.3 Å². The van der Waals surface area contributed by atoms with Gasteiger partial charge in [-0.2, -0.15) is 26.3 Å². The van der Waals surface area contributed by atoms with Crippen molar-refractivity contribution < 1.29 is 50.2 Å². The SMILES string of the molecule is C/C(=C\c1ccc(O)cc1)CC[C@H]1OC[C@H]2C1=C(CO[Si](c1ccccc1)(c1ccccc1)C(C)(C)C)C[C@H]1C(=O)N(c3cc(C(F)(F)F)cc(C(F)(F)F)c3)C(=O)[C@H]12. The van der Waals surface area contributed by atoms with Crippen LogP contribution in [-0.2, 0) is 31.1 Å². The Kier molecular flexibility index (Phi) is 11.4. The Labute approximate surface area is 340 Å². The number of carbonyl (C=O) groups is 2. The Morgan fingerprint density at radius 1 is 0.814 bits per heavy atom. The van der Waals surface area contributed by atoms with Gasteiger partial charge in [0.05, 0.1) is 48.0 Å². The molecule has 1 aliphatic carbocycles. The molecular weight excluding hydrogens is 789 g/mol. The van der Waals surface area contributed by atoms with Crippen molar-refractivity contribution in [3.05, 3.63) is 137 Å². The van der Waals surface area contributed by atoms with E-state index >= 15 is 0 Å². The molecule has 0 saturated carbocycles. The van der Waals surface area contributed by atoms with Gasteiger partial charge in [-0.3, -0.25) is 9.59 Å². The Hall–Kier alpha value is -4.98. The topological polar surface area (TPSA) is 76.1 Å². The first kappa shape index (κ1) is 42.2. The number of amides is 2. The summed E-state index contributed by atoms with van der Waals surface area (Å²) in [5.41, 5.74) is -0.547. The normalized spacial score (nSPS) is 21.6. The fourth-order valence-electron chi connectivity index (χ4n) is 9.17. The predicted octanol–water partition coefficient (Wildman–Crippen LogP) is 9.71. The van der Waals surface area contributed by atoms with Gasteiger partial charge in [0.2, 0.25) is 11.8 Å². The van der Waals surface area contributed by atoms with E-state index in [-0.39, 0.29) is 31.5 Å². The standard InChI is InChI=1S/C46H45F6NO5Si/c1-28(21-29-16-18-34(54)19-17-29)15-20-39-40-30(26-58-59(44(2,3)4,35-11-7-5-8-12-35)36-13-9-6-10-14-36)22-37-41(38(40)27-57-39)43(56)53(42(37)55)33-24-31(45(47,48)49)23-32(25-33)46(50,51)52/h5-14,16-19,21,23-25,37-39,41,54H,15,20,22,26-27H2,1-4H3/b28-21+/t37-,38+,39-,41-/m1/s1. The van der Waals surface area contributed by atoms with E-state index in [1.165, 1.54) is 0 Å². The van der Waals surface area contributed by atoms with Crippen LogP contribution in [0.1, 0.15) is 63.6 Å². The Morgan fingerprint density at radius 3 is 1.90 bits per heavy atom. The first-order valence-corrected chi connectivity index (χ1v) is 21.4. The van der Waals surface area contributed by atoms with Gasteiger partial charge in [-0.15, -0.1) is 0 Å². The van der Waals surface area contributed by atoms with Crippen LogP contribution in [0.5, 0.6) is 5.75 Å². The maximum atomic E-state index is 14.4. The van der Waals surface area contributed by atoms with Crippen molar-refractivity contribution in [2.75, 3.05) is 18.1 Å². The molecule has 4 aromatic carbocycles. The molecule has 2 amide bonds. The molecule has 0 bridgehead atoms. The highest BCUT2D eigenvalue weighted by Crippen LogP contribution is 2.52. The molecule has 3 aliphatic rings. The smallest absolute Gasteiger partial charge is 0.416 e. The molecule has 6 nitrogen and oxygen atoms in total. The lowest BCUT2D eigenvalue weighted by Gasteiger charge is -2.44. The van der Waals surface area contributed by atoms with Gasteiger partial charge in [0.25, 0.3) is 8.32 Å². The van der Waals surface area contributed by atoms with Crippen LogP contribution in [0.2, 0.25) is 5.04 Å². The van der Waals surface area contributed by atoms with Crippen LogP contribution in [0.3, 0.4) is 0 Å². The van der Waals surface area contributed by atoms with Gasteiger partial charge in [0, 0.05) is 5.92 Å². The highest BCUT2D eigenvalue weighted by molar-refractivity contribution is 6.99. The lowest BCUT2D eigenvalue weighted by molar-refractivity contribution is -0.143. The number of imide groups is 1. The second-order valence-electron chi connectivity index (χ2n) is 16.7. The van der Waals surface area contributed by atoms with E-state index in [2.05, 4.69) is 20.8 Å². The summed E-state index contributed by atoms with van der Waals surface area (Å²) in [5, 5.41) is 11.4.